The van der Waals surface area contributed by atoms with E-state index < -0.39 is 0 Å². The van der Waals surface area contributed by atoms with Crippen LogP contribution < -0.4 is 11.5 Å². The van der Waals surface area contributed by atoms with E-state index >= 15 is 0 Å². The zero-order valence-corrected chi connectivity index (χ0v) is 17.9. The number of aryl methyl sites for hydroxylation is 1. The summed E-state index contributed by atoms with van der Waals surface area (Å²) in [6.07, 6.45) is 3.98. The average molecular weight is 399 g/mol. The molecule has 0 bridgehead atoms. The Morgan fingerprint density at radius 2 is 1.67 bits per heavy atom. The molecular formula is C26H30N4. The Bertz CT molecular complexity index is 1160. The maximum atomic E-state index is 6.53. The molecule has 0 aliphatic heterocycles. The third kappa shape index (κ3) is 3.83. The zero-order chi connectivity index (χ0) is 21.1. The quantitative estimate of drug-likeness (QED) is 0.319. The lowest BCUT2D eigenvalue weighted by Gasteiger charge is -2.20. The Kier molecular flexibility index (Phi) is 5.86. The second-order valence-electron chi connectivity index (χ2n) is 7.81. The molecule has 0 spiro atoms. The van der Waals surface area contributed by atoms with Gasteiger partial charge in [0, 0.05) is 28.3 Å². The number of pyridine rings is 1. The van der Waals surface area contributed by atoms with Crippen molar-refractivity contribution in [1.29, 1.82) is 0 Å². The third-order valence-corrected chi connectivity index (χ3v) is 6.01. The SMILES string of the molecule is CCN(CC)CCCc1c(-c2ccccc2)cc(N)c2cnc3ccc(N)cc3c12. The number of aromatic nitrogens is 1. The lowest BCUT2D eigenvalue weighted by Crippen LogP contribution is -2.24. The van der Waals surface area contributed by atoms with E-state index in [2.05, 4.69) is 54.1 Å². The Balaban J connectivity index is 1.95. The molecule has 4 rings (SSSR count). The highest BCUT2D eigenvalue weighted by Crippen LogP contribution is 2.38. The van der Waals surface area contributed by atoms with Crippen LogP contribution in [0.3, 0.4) is 0 Å². The lowest BCUT2D eigenvalue weighted by atomic mass is 9.89. The van der Waals surface area contributed by atoms with E-state index in [0.717, 1.165) is 60.1 Å². The molecule has 4 aromatic rings. The summed E-state index contributed by atoms with van der Waals surface area (Å²) in [4.78, 5) is 7.12. The van der Waals surface area contributed by atoms with E-state index in [0.29, 0.717) is 0 Å². The molecule has 4 nitrogen and oxygen atoms in total. The van der Waals surface area contributed by atoms with Crippen LogP contribution in [0.15, 0.2) is 60.8 Å². The van der Waals surface area contributed by atoms with Gasteiger partial charge in [-0.1, -0.05) is 44.2 Å². The van der Waals surface area contributed by atoms with Gasteiger partial charge in [-0.15, -0.1) is 0 Å². The Morgan fingerprint density at radius 3 is 2.40 bits per heavy atom. The lowest BCUT2D eigenvalue weighted by molar-refractivity contribution is 0.300. The first kappa shape index (κ1) is 20.2. The van der Waals surface area contributed by atoms with Crippen molar-refractivity contribution in [3.63, 3.8) is 0 Å². The molecule has 4 heteroatoms. The minimum atomic E-state index is 0.745. The molecule has 0 aliphatic carbocycles. The van der Waals surface area contributed by atoms with Gasteiger partial charge in [-0.25, -0.2) is 0 Å². The van der Waals surface area contributed by atoms with Gasteiger partial charge >= 0.3 is 0 Å². The standard InChI is InChI=1S/C26H30N4/c1-3-30(4-2)14-8-11-20-21(18-9-6-5-7-10-18)16-24(28)23-17-29-25-13-12-19(27)15-22(25)26(20)23/h5-7,9-10,12-13,15-17H,3-4,8,11,14,27-28H2,1-2H3. The van der Waals surface area contributed by atoms with Gasteiger partial charge in [0.1, 0.15) is 0 Å². The predicted octanol–water partition coefficient (Wildman–Crippen LogP) is 5.49. The molecule has 1 aromatic heterocycles. The van der Waals surface area contributed by atoms with Crippen molar-refractivity contribution in [2.24, 2.45) is 0 Å². The van der Waals surface area contributed by atoms with Crippen molar-refractivity contribution in [2.45, 2.75) is 26.7 Å². The molecule has 0 atom stereocenters. The number of hydrogen-bond acceptors (Lipinski definition) is 4. The number of rotatable bonds is 7. The number of anilines is 2. The Labute approximate surface area is 178 Å². The maximum Gasteiger partial charge on any atom is 0.0710 e. The monoisotopic (exact) mass is 398 g/mol. The van der Waals surface area contributed by atoms with Crippen LogP contribution in [0.1, 0.15) is 25.8 Å². The first-order valence-electron chi connectivity index (χ1n) is 10.8. The molecule has 0 amide bonds. The minimum Gasteiger partial charge on any atom is -0.399 e. The fourth-order valence-electron chi connectivity index (χ4n) is 4.36. The second-order valence-corrected chi connectivity index (χ2v) is 7.81. The summed E-state index contributed by atoms with van der Waals surface area (Å²) < 4.78 is 0. The summed E-state index contributed by atoms with van der Waals surface area (Å²) in [6, 6.07) is 18.6. The fourth-order valence-corrected chi connectivity index (χ4v) is 4.36. The molecular weight excluding hydrogens is 368 g/mol. The predicted molar refractivity (Wildman–Crippen MR) is 130 cm³/mol. The second kappa shape index (κ2) is 8.72. The van der Waals surface area contributed by atoms with Gasteiger partial charge < -0.3 is 16.4 Å². The average Bonchev–Trinajstić information content (AvgIpc) is 2.78. The molecule has 3 aromatic carbocycles. The number of nitrogens with zero attached hydrogens (tertiary/aromatic N) is 2. The topological polar surface area (TPSA) is 68.2 Å². The maximum absolute atomic E-state index is 6.53. The van der Waals surface area contributed by atoms with Gasteiger partial charge in [-0.05, 0) is 78.8 Å². The molecule has 1 heterocycles. The van der Waals surface area contributed by atoms with Gasteiger partial charge in [0.15, 0.2) is 0 Å². The normalized spacial score (nSPS) is 11.6. The summed E-state index contributed by atoms with van der Waals surface area (Å²) in [5.41, 5.74) is 18.9. The molecule has 154 valence electrons. The number of nitrogens with two attached hydrogens (primary N) is 2. The van der Waals surface area contributed by atoms with E-state index in [1.165, 1.54) is 22.1 Å². The third-order valence-electron chi connectivity index (χ3n) is 6.01. The molecule has 0 unspecified atom stereocenters. The summed E-state index contributed by atoms with van der Waals surface area (Å²) in [5, 5.41) is 3.27. The largest absolute Gasteiger partial charge is 0.399 e. The molecule has 4 N–H and O–H groups in total. The highest BCUT2D eigenvalue weighted by atomic mass is 15.1. The van der Waals surface area contributed by atoms with Crippen LogP contribution in [0.2, 0.25) is 0 Å². The van der Waals surface area contributed by atoms with Crippen molar-refractivity contribution in [3.8, 4) is 11.1 Å². The van der Waals surface area contributed by atoms with E-state index in [4.69, 9.17) is 11.5 Å². The molecule has 0 radical (unpaired) electrons. The van der Waals surface area contributed by atoms with Gasteiger partial charge in [0.2, 0.25) is 0 Å². The summed E-state index contributed by atoms with van der Waals surface area (Å²) in [5.74, 6) is 0. The summed E-state index contributed by atoms with van der Waals surface area (Å²) >= 11 is 0. The molecule has 0 saturated carbocycles. The summed E-state index contributed by atoms with van der Waals surface area (Å²) in [6.45, 7) is 7.68. The van der Waals surface area contributed by atoms with Gasteiger partial charge in [-0.3, -0.25) is 4.98 Å². The van der Waals surface area contributed by atoms with Crippen LogP contribution in [0, 0.1) is 0 Å². The van der Waals surface area contributed by atoms with Crippen molar-refractivity contribution in [3.05, 3.63) is 66.4 Å². The van der Waals surface area contributed by atoms with Crippen LogP contribution in [0.5, 0.6) is 0 Å². The Hall–Kier alpha value is -3.11. The van der Waals surface area contributed by atoms with Crippen LogP contribution in [0.4, 0.5) is 11.4 Å². The summed E-state index contributed by atoms with van der Waals surface area (Å²) in [7, 11) is 0. The smallest absolute Gasteiger partial charge is 0.0710 e. The van der Waals surface area contributed by atoms with Gasteiger partial charge in [0.25, 0.3) is 0 Å². The number of benzene rings is 3. The van der Waals surface area contributed by atoms with Crippen molar-refractivity contribution in [1.82, 2.24) is 9.88 Å². The zero-order valence-electron chi connectivity index (χ0n) is 17.9. The van der Waals surface area contributed by atoms with Crippen LogP contribution in [-0.2, 0) is 6.42 Å². The first-order valence-corrected chi connectivity index (χ1v) is 10.8. The van der Waals surface area contributed by atoms with Gasteiger partial charge in [0.05, 0.1) is 5.52 Å². The number of nitrogen functional groups attached to an aromatic ring is 2. The van der Waals surface area contributed by atoms with Crippen molar-refractivity contribution in [2.75, 3.05) is 31.1 Å². The number of hydrogen-bond donors (Lipinski definition) is 2. The van der Waals surface area contributed by atoms with Crippen LogP contribution in [-0.4, -0.2) is 29.5 Å². The minimum absolute atomic E-state index is 0.745. The molecule has 0 saturated heterocycles. The first-order chi connectivity index (χ1) is 14.6. The highest BCUT2D eigenvalue weighted by Gasteiger charge is 2.16. The van der Waals surface area contributed by atoms with Crippen molar-refractivity contribution < 1.29 is 0 Å². The fraction of sp³-hybridized carbons (Fsp3) is 0.269. The number of fused-ring (bicyclic) bond motifs is 3. The molecule has 0 fully saturated rings. The van der Waals surface area contributed by atoms with Crippen molar-refractivity contribution >= 4 is 33.1 Å². The van der Waals surface area contributed by atoms with E-state index in [9.17, 15) is 0 Å². The Morgan fingerprint density at radius 1 is 0.900 bits per heavy atom. The molecule has 0 aliphatic rings. The van der Waals surface area contributed by atoms with Crippen LogP contribution in [0.25, 0.3) is 32.8 Å². The van der Waals surface area contributed by atoms with E-state index in [1.807, 2.05) is 30.5 Å². The van der Waals surface area contributed by atoms with Gasteiger partial charge in [-0.2, -0.15) is 0 Å². The molecule has 30 heavy (non-hydrogen) atoms. The van der Waals surface area contributed by atoms with E-state index in [-0.39, 0.29) is 0 Å². The van der Waals surface area contributed by atoms with Crippen LogP contribution >= 0.6 is 0 Å². The highest BCUT2D eigenvalue weighted by molar-refractivity contribution is 6.13. The van der Waals surface area contributed by atoms with E-state index in [1.54, 1.807) is 0 Å².